The number of nitrogens with two attached hydrogens (primary N) is 1. The van der Waals surface area contributed by atoms with Crippen LogP contribution in [0.5, 0.6) is 5.75 Å². The quantitative estimate of drug-likeness (QED) is 0.382. The summed E-state index contributed by atoms with van der Waals surface area (Å²) in [6.45, 7) is 10.2. The Morgan fingerprint density at radius 3 is 2.61 bits per heavy atom. The maximum atomic E-state index is 10.1. The monoisotopic (exact) mass is 427 g/mol. The molecule has 0 aliphatic heterocycles. The average molecular weight is 428 g/mol. The van der Waals surface area contributed by atoms with Gasteiger partial charge in [0.25, 0.3) is 0 Å². The van der Waals surface area contributed by atoms with Crippen molar-refractivity contribution in [3.05, 3.63) is 30.1 Å². The Morgan fingerprint density at radius 1 is 1.23 bits per heavy atom. The lowest BCUT2D eigenvalue weighted by atomic mass is 10.0. The number of hydrogen-bond acceptors (Lipinski definition) is 8. The van der Waals surface area contributed by atoms with Gasteiger partial charge in [-0.25, -0.2) is 4.98 Å². The summed E-state index contributed by atoms with van der Waals surface area (Å²) >= 11 is 0. The molecule has 3 rings (SSSR count). The van der Waals surface area contributed by atoms with Gasteiger partial charge in [0.2, 0.25) is 5.95 Å². The van der Waals surface area contributed by atoms with E-state index < -0.39 is 5.60 Å². The van der Waals surface area contributed by atoms with Crippen LogP contribution in [0.15, 0.2) is 24.5 Å². The number of hydrogen-bond donors (Lipinski definition) is 4. The number of methoxy groups -OCH3 is 1. The number of para-hydroxylation sites is 1. The molecule has 0 spiro atoms. The number of nitrogens with zero attached hydrogens (tertiary/aromatic N) is 4. The fourth-order valence-electron chi connectivity index (χ4n) is 3.60. The number of anilines is 3. The van der Waals surface area contributed by atoms with Crippen LogP contribution < -0.4 is 21.1 Å². The molecule has 2 aromatic heterocycles. The first-order valence-corrected chi connectivity index (χ1v) is 10.5. The van der Waals surface area contributed by atoms with Crippen LogP contribution in [0.25, 0.3) is 11.2 Å². The molecule has 0 amide bonds. The number of rotatable bonds is 9. The smallest absolute Gasteiger partial charge is 0.226 e. The van der Waals surface area contributed by atoms with Crippen LogP contribution in [0.3, 0.4) is 0 Å². The second-order valence-electron chi connectivity index (χ2n) is 8.76. The normalized spacial score (nSPS) is 12.9. The Kier molecular flexibility index (Phi) is 6.54. The van der Waals surface area contributed by atoms with Gasteiger partial charge >= 0.3 is 0 Å². The maximum Gasteiger partial charge on any atom is 0.226 e. The molecule has 0 bridgehead atoms. The van der Waals surface area contributed by atoms with Crippen molar-refractivity contribution in [2.45, 2.75) is 65.3 Å². The fraction of sp³-hybridized carbons (Fsp3) is 0.500. The molecule has 168 valence electrons. The zero-order chi connectivity index (χ0) is 22.8. The van der Waals surface area contributed by atoms with E-state index in [9.17, 15) is 5.11 Å². The molecule has 1 unspecified atom stereocenters. The molecule has 5 N–H and O–H groups in total. The van der Waals surface area contributed by atoms with Gasteiger partial charge in [-0.1, -0.05) is 12.1 Å². The van der Waals surface area contributed by atoms with E-state index in [1.165, 1.54) is 0 Å². The Bertz CT molecular complexity index is 1040. The first-order valence-electron chi connectivity index (χ1n) is 10.5. The number of imidazole rings is 1. The molecular weight excluding hydrogens is 394 g/mol. The summed E-state index contributed by atoms with van der Waals surface area (Å²) in [7, 11) is 1.60. The van der Waals surface area contributed by atoms with Gasteiger partial charge < -0.3 is 30.8 Å². The lowest BCUT2D eigenvalue weighted by Crippen LogP contribution is -2.29. The zero-order valence-corrected chi connectivity index (χ0v) is 19.1. The van der Waals surface area contributed by atoms with E-state index in [1.807, 2.05) is 29.7 Å². The molecule has 0 fully saturated rings. The number of nitrogen functional groups attached to an aromatic ring is 1. The average Bonchev–Trinajstić information content (AvgIpc) is 3.09. The van der Waals surface area contributed by atoms with Crippen LogP contribution in [0.2, 0.25) is 0 Å². The number of ether oxygens (including phenoxy) is 1. The number of benzene rings is 1. The van der Waals surface area contributed by atoms with Gasteiger partial charge in [0.1, 0.15) is 5.75 Å². The molecule has 1 aromatic carbocycles. The number of aromatic nitrogens is 4. The first kappa shape index (κ1) is 22.6. The minimum absolute atomic E-state index is 0.0187. The molecule has 2 heterocycles. The van der Waals surface area contributed by atoms with E-state index in [-0.39, 0.29) is 12.1 Å². The lowest BCUT2D eigenvalue weighted by Gasteiger charge is -2.23. The molecule has 0 saturated carbocycles. The molecule has 31 heavy (non-hydrogen) atoms. The van der Waals surface area contributed by atoms with Crippen molar-refractivity contribution in [2.75, 3.05) is 23.5 Å². The maximum absolute atomic E-state index is 10.1. The first-order chi connectivity index (χ1) is 14.6. The summed E-state index contributed by atoms with van der Waals surface area (Å²) in [6.07, 6.45) is 2.33. The second-order valence-corrected chi connectivity index (χ2v) is 8.76. The Labute approximate surface area is 183 Å². The fourth-order valence-corrected chi connectivity index (χ4v) is 3.60. The lowest BCUT2D eigenvalue weighted by molar-refractivity contribution is 0.0672. The van der Waals surface area contributed by atoms with Crippen molar-refractivity contribution < 1.29 is 9.84 Å². The van der Waals surface area contributed by atoms with Crippen LogP contribution in [0.1, 0.15) is 52.6 Å². The van der Waals surface area contributed by atoms with E-state index in [4.69, 9.17) is 15.5 Å². The summed E-state index contributed by atoms with van der Waals surface area (Å²) in [4.78, 5) is 13.9. The van der Waals surface area contributed by atoms with Gasteiger partial charge in [0, 0.05) is 18.6 Å². The summed E-state index contributed by atoms with van der Waals surface area (Å²) < 4.78 is 7.32. The molecule has 3 aromatic rings. The van der Waals surface area contributed by atoms with Crippen molar-refractivity contribution in [3.8, 4) is 5.75 Å². The number of fused-ring (bicyclic) bond motifs is 1. The SMILES string of the molecule is COc1cccc(CNc2nc(NC(C)CC(C)(C)O)nc3c2ncn3C(C)C)c1N. The van der Waals surface area contributed by atoms with Gasteiger partial charge in [0.15, 0.2) is 17.0 Å². The summed E-state index contributed by atoms with van der Waals surface area (Å²) in [5.41, 5.74) is 8.35. The minimum atomic E-state index is -0.790. The molecule has 0 radical (unpaired) electrons. The van der Waals surface area contributed by atoms with Crippen LogP contribution >= 0.6 is 0 Å². The van der Waals surface area contributed by atoms with Gasteiger partial charge in [-0.15, -0.1) is 0 Å². The highest BCUT2D eigenvalue weighted by Crippen LogP contribution is 2.28. The van der Waals surface area contributed by atoms with Crippen molar-refractivity contribution in [3.63, 3.8) is 0 Å². The number of nitrogens with one attached hydrogen (secondary N) is 2. The minimum Gasteiger partial charge on any atom is -0.495 e. The Hall–Kier alpha value is -3.07. The highest BCUT2D eigenvalue weighted by atomic mass is 16.5. The molecular formula is C22H33N7O2. The third-order valence-corrected chi connectivity index (χ3v) is 4.98. The van der Waals surface area contributed by atoms with Crippen LogP contribution in [-0.4, -0.2) is 43.4 Å². The second kappa shape index (κ2) is 8.97. The topological polar surface area (TPSA) is 123 Å². The third-order valence-electron chi connectivity index (χ3n) is 4.98. The molecule has 0 aliphatic carbocycles. The largest absolute Gasteiger partial charge is 0.495 e. The van der Waals surface area contributed by atoms with Gasteiger partial charge in [0.05, 0.1) is 24.7 Å². The van der Waals surface area contributed by atoms with E-state index in [2.05, 4.69) is 34.4 Å². The summed E-state index contributed by atoms with van der Waals surface area (Å²) in [6, 6.07) is 5.86. The zero-order valence-electron chi connectivity index (χ0n) is 19.1. The van der Waals surface area contributed by atoms with Crippen LogP contribution in [0.4, 0.5) is 17.5 Å². The standard InChI is InChI=1S/C22H33N7O2/c1-13(2)29-12-25-18-19(24-11-15-8-7-9-16(31-6)17(15)23)27-21(28-20(18)29)26-14(3)10-22(4,5)30/h7-9,12-14,30H,10-11,23H2,1-6H3,(H2,24,26,27,28). The molecule has 0 saturated heterocycles. The molecule has 9 nitrogen and oxygen atoms in total. The summed E-state index contributed by atoms with van der Waals surface area (Å²) in [5.74, 6) is 1.73. The van der Waals surface area contributed by atoms with Gasteiger partial charge in [-0.05, 0) is 52.7 Å². The van der Waals surface area contributed by atoms with Crippen LogP contribution in [-0.2, 0) is 6.54 Å². The Morgan fingerprint density at radius 2 is 1.97 bits per heavy atom. The van der Waals surface area contributed by atoms with E-state index in [0.29, 0.717) is 41.7 Å². The van der Waals surface area contributed by atoms with Gasteiger partial charge in [-0.3, -0.25) is 0 Å². The predicted octanol–water partition coefficient (Wildman–Crippen LogP) is 3.57. The van der Waals surface area contributed by atoms with E-state index >= 15 is 0 Å². The highest BCUT2D eigenvalue weighted by molar-refractivity contribution is 5.84. The molecule has 9 heteroatoms. The van der Waals surface area contributed by atoms with Gasteiger partial charge in [-0.2, -0.15) is 9.97 Å². The summed E-state index contributed by atoms with van der Waals surface area (Å²) in [5, 5.41) is 16.8. The highest BCUT2D eigenvalue weighted by Gasteiger charge is 2.20. The van der Waals surface area contributed by atoms with Crippen molar-refractivity contribution in [1.29, 1.82) is 0 Å². The van der Waals surface area contributed by atoms with Crippen LogP contribution in [0, 0.1) is 0 Å². The van der Waals surface area contributed by atoms with Crippen molar-refractivity contribution in [2.24, 2.45) is 0 Å². The van der Waals surface area contributed by atoms with E-state index in [1.54, 1.807) is 27.3 Å². The third kappa shape index (κ3) is 5.35. The van der Waals surface area contributed by atoms with E-state index in [0.717, 1.165) is 11.2 Å². The van der Waals surface area contributed by atoms with Crippen molar-refractivity contribution in [1.82, 2.24) is 19.5 Å². The molecule has 1 atom stereocenters. The predicted molar refractivity (Wildman–Crippen MR) is 124 cm³/mol. The number of aliphatic hydroxyl groups is 1. The Balaban J connectivity index is 1.94. The molecule has 0 aliphatic rings. The van der Waals surface area contributed by atoms with Crippen molar-refractivity contribution >= 4 is 28.6 Å².